The maximum absolute atomic E-state index is 11.9. The molecule has 1 unspecified atom stereocenters. The molecule has 0 N–H and O–H groups in total. The van der Waals surface area contributed by atoms with E-state index in [-0.39, 0.29) is 6.10 Å². The third-order valence-electron chi connectivity index (χ3n) is 4.13. The van der Waals surface area contributed by atoms with Crippen molar-refractivity contribution in [3.63, 3.8) is 0 Å². The summed E-state index contributed by atoms with van der Waals surface area (Å²) in [5.41, 5.74) is 0. The van der Waals surface area contributed by atoms with Crippen LogP contribution in [0, 0.1) is 0 Å². The molecule has 0 aromatic heterocycles. The van der Waals surface area contributed by atoms with Crippen molar-refractivity contribution in [1.29, 1.82) is 0 Å². The van der Waals surface area contributed by atoms with Crippen LogP contribution in [0.4, 0.5) is 0 Å². The standard InChI is InChI=1S/C21H38O5/c1-4-6-8-10-13-19(14-12-17-24-3)26-21(23)16-15-20(22)25-18-11-9-7-5-2/h15-16,19H,4-14,17-18H2,1-3H3/b16-15+. The third-order valence-corrected chi connectivity index (χ3v) is 4.13. The van der Waals surface area contributed by atoms with E-state index in [4.69, 9.17) is 14.2 Å². The van der Waals surface area contributed by atoms with Gasteiger partial charge in [0, 0.05) is 25.9 Å². The molecule has 0 saturated heterocycles. The minimum Gasteiger partial charge on any atom is -0.463 e. The van der Waals surface area contributed by atoms with Crippen LogP contribution in [0.5, 0.6) is 0 Å². The van der Waals surface area contributed by atoms with Gasteiger partial charge >= 0.3 is 11.9 Å². The van der Waals surface area contributed by atoms with E-state index < -0.39 is 11.9 Å². The minimum absolute atomic E-state index is 0.121. The molecule has 0 aromatic rings. The van der Waals surface area contributed by atoms with Crippen LogP contribution < -0.4 is 0 Å². The van der Waals surface area contributed by atoms with Gasteiger partial charge in [0.1, 0.15) is 6.10 Å². The van der Waals surface area contributed by atoms with Crippen molar-refractivity contribution in [1.82, 2.24) is 0 Å². The normalized spacial score (nSPS) is 12.3. The van der Waals surface area contributed by atoms with Crippen molar-refractivity contribution in [2.75, 3.05) is 20.3 Å². The van der Waals surface area contributed by atoms with Crippen molar-refractivity contribution in [3.05, 3.63) is 12.2 Å². The van der Waals surface area contributed by atoms with Gasteiger partial charge in [-0.05, 0) is 32.1 Å². The van der Waals surface area contributed by atoms with Crippen LogP contribution in [0.2, 0.25) is 0 Å². The molecule has 0 aliphatic carbocycles. The topological polar surface area (TPSA) is 61.8 Å². The SMILES string of the molecule is CCCCCCOC(=O)/C=C/C(=O)OC(CCCCCC)CCCOC. The minimum atomic E-state index is -0.489. The van der Waals surface area contributed by atoms with Crippen LogP contribution in [0.25, 0.3) is 0 Å². The van der Waals surface area contributed by atoms with Gasteiger partial charge in [0.2, 0.25) is 0 Å². The summed E-state index contributed by atoms with van der Waals surface area (Å²) in [6.45, 7) is 5.36. The van der Waals surface area contributed by atoms with Gasteiger partial charge in [-0.15, -0.1) is 0 Å². The highest BCUT2D eigenvalue weighted by Gasteiger charge is 2.13. The number of methoxy groups -OCH3 is 1. The highest BCUT2D eigenvalue weighted by Crippen LogP contribution is 2.14. The average Bonchev–Trinajstić information content (AvgIpc) is 2.63. The van der Waals surface area contributed by atoms with Crippen LogP contribution in [-0.4, -0.2) is 38.4 Å². The second-order valence-corrected chi connectivity index (χ2v) is 6.60. The Bertz CT molecular complexity index is 379. The number of hydrogen-bond donors (Lipinski definition) is 0. The van der Waals surface area contributed by atoms with Crippen LogP contribution >= 0.6 is 0 Å². The van der Waals surface area contributed by atoms with Crippen molar-refractivity contribution < 1.29 is 23.8 Å². The van der Waals surface area contributed by atoms with E-state index in [2.05, 4.69) is 13.8 Å². The van der Waals surface area contributed by atoms with E-state index in [0.717, 1.165) is 63.9 Å². The molecule has 5 heteroatoms. The number of esters is 2. The predicted molar refractivity (Wildman–Crippen MR) is 104 cm³/mol. The zero-order valence-corrected chi connectivity index (χ0v) is 17.0. The van der Waals surface area contributed by atoms with Gasteiger partial charge in [0.25, 0.3) is 0 Å². The van der Waals surface area contributed by atoms with Gasteiger partial charge in [-0.1, -0.05) is 52.4 Å². The van der Waals surface area contributed by atoms with Crippen molar-refractivity contribution in [3.8, 4) is 0 Å². The molecule has 0 amide bonds. The molecule has 0 bridgehead atoms. The van der Waals surface area contributed by atoms with Crippen LogP contribution in [0.3, 0.4) is 0 Å². The summed E-state index contributed by atoms with van der Waals surface area (Å²) in [6, 6.07) is 0. The Hall–Kier alpha value is -1.36. The molecule has 0 spiro atoms. The number of unbranched alkanes of at least 4 members (excludes halogenated alkanes) is 6. The van der Waals surface area contributed by atoms with Gasteiger partial charge in [-0.25, -0.2) is 9.59 Å². The zero-order valence-electron chi connectivity index (χ0n) is 17.0. The van der Waals surface area contributed by atoms with Crippen molar-refractivity contribution >= 4 is 11.9 Å². The molecular weight excluding hydrogens is 332 g/mol. The fourth-order valence-electron chi connectivity index (χ4n) is 2.61. The highest BCUT2D eigenvalue weighted by atomic mass is 16.5. The molecule has 5 nitrogen and oxygen atoms in total. The number of ether oxygens (including phenoxy) is 3. The summed E-state index contributed by atoms with van der Waals surface area (Å²) in [6.07, 6.45) is 13.5. The number of carbonyl (C=O) groups is 2. The van der Waals surface area contributed by atoms with E-state index in [1.807, 2.05) is 0 Å². The van der Waals surface area contributed by atoms with Crippen molar-refractivity contribution in [2.45, 2.75) is 90.6 Å². The lowest BCUT2D eigenvalue weighted by Gasteiger charge is -2.16. The summed E-state index contributed by atoms with van der Waals surface area (Å²) in [5.74, 6) is -0.969. The molecule has 0 fully saturated rings. The monoisotopic (exact) mass is 370 g/mol. The van der Waals surface area contributed by atoms with E-state index >= 15 is 0 Å². The molecular formula is C21H38O5. The predicted octanol–water partition coefficient (Wildman–Crippen LogP) is 4.97. The first-order valence-electron chi connectivity index (χ1n) is 10.2. The molecule has 0 saturated carbocycles. The number of rotatable bonds is 17. The van der Waals surface area contributed by atoms with Gasteiger partial charge in [-0.2, -0.15) is 0 Å². The second-order valence-electron chi connectivity index (χ2n) is 6.60. The summed E-state index contributed by atoms with van der Waals surface area (Å²) in [5, 5.41) is 0. The Morgan fingerprint density at radius 3 is 2.04 bits per heavy atom. The van der Waals surface area contributed by atoms with E-state index in [0.29, 0.717) is 13.2 Å². The van der Waals surface area contributed by atoms with Crippen LogP contribution in [-0.2, 0) is 23.8 Å². The Morgan fingerprint density at radius 1 is 0.769 bits per heavy atom. The number of carbonyl (C=O) groups excluding carboxylic acids is 2. The van der Waals surface area contributed by atoms with E-state index in [1.165, 1.54) is 18.9 Å². The zero-order chi connectivity index (χ0) is 19.5. The first-order chi connectivity index (χ1) is 12.6. The molecule has 0 aliphatic heterocycles. The molecule has 0 rings (SSSR count). The molecule has 0 heterocycles. The summed E-state index contributed by atoms with van der Waals surface area (Å²) < 4.78 is 15.6. The van der Waals surface area contributed by atoms with Gasteiger partial charge in [-0.3, -0.25) is 0 Å². The fraction of sp³-hybridized carbons (Fsp3) is 0.810. The highest BCUT2D eigenvalue weighted by molar-refractivity contribution is 5.91. The Labute approximate surface area is 159 Å². The van der Waals surface area contributed by atoms with Gasteiger partial charge in [0.15, 0.2) is 0 Å². The quantitative estimate of drug-likeness (QED) is 0.205. The maximum Gasteiger partial charge on any atom is 0.331 e. The Morgan fingerprint density at radius 2 is 1.38 bits per heavy atom. The van der Waals surface area contributed by atoms with Crippen LogP contribution in [0.15, 0.2) is 12.2 Å². The fourth-order valence-corrected chi connectivity index (χ4v) is 2.61. The lowest BCUT2D eigenvalue weighted by Crippen LogP contribution is -2.18. The first-order valence-corrected chi connectivity index (χ1v) is 10.2. The van der Waals surface area contributed by atoms with E-state index in [1.54, 1.807) is 7.11 Å². The summed E-state index contributed by atoms with van der Waals surface area (Å²) >= 11 is 0. The first kappa shape index (κ1) is 24.6. The molecule has 152 valence electrons. The molecule has 0 radical (unpaired) electrons. The smallest absolute Gasteiger partial charge is 0.331 e. The molecule has 0 aliphatic rings. The Kier molecular flexibility index (Phi) is 17.5. The summed E-state index contributed by atoms with van der Waals surface area (Å²) in [4.78, 5) is 23.5. The lowest BCUT2D eigenvalue weighted by molar-refractivity contribution is -0.145. The largest absolute Gasteiger partial charge is 0.463 e. The third kappa shape index (κ3) is 16.1. The maximum atomic E-state index is 11.9. The summed E-state index contributed by atoms with van der Waals surface area (Å²) in [7, 11) is 1.67. The lowest BCUT2D eigenvalue weighted by atomic mass is 10.1. The second kappa shape index (κ2) is 18.4. The van der Waals surface area contributed by atoms with Crippen molar-refractivity contribution in [2.24, 2.45) is 0 Å². The Balaban J connectivity index is 4.15. The van der Waals surface area contributed by atoms with Gasteiger partial charge < -0.3 is 14.2 Å². The number of hydrogen-bond acceptors (Lipinski definition) is 5. The van der Waals surface area contributed by atoms with Crippen LogP contribution in [0.1, 0.15) is 84.5 Å². The van der Waals surface area contributed by atoms with Gasteiger partial charge in [0.05, 0.1) is 6.61 Å². The molecule has 26 heavy (non-hydrogen) atoms. The average molecular weight is 371 g/mol. The van der Waals surface area contributed by atoms with E-state index in [9.17, 15) is 9.59 Å². The molecule has 1 atom stereocenters. The molecule has 0 aromatic carbocycles.